The number of anilines is 2. The highest BCUT2D eigenvalue weighted by Gasteiger charge is 2.17. The zero-order valence-corrected chi connectivity index (χ0v) is 12.1. The van der Waals surface area contributed by atoms with Gasteiger partial charge in [0.15, 0.2) is 0 Å². The minimum Gasteiger partial charge on any atom is -0.395 e. The molecule has 1 aliphatic rings. The molecule has 1 aromatic heterocycles. The number of aromatic nitrogens is 2. The normalized spacial score (nSPS) is 15.9. The summed E-state index contributed by atoms with van der Waals surface area (Å²) in [7, 11) is 0. The smallest absolute Gasteiger partial charge is 0.134 e. The van der Waals surface area contributed by atoms with Gasteiger partial charge in [0.1, 0.15) is 17.5 Å². The van der Waals surface area contributed by atoms with Crippen molar-refractivity contribution in [3.8, 4) is 0 Å². The van der Waals surface area contributed by atoms with Crippen LogP contribution >= 0.6 is 0 Å². The Hall–Kier alpha value is -1.40. The van der Waals surface area contributed by atoms with Crippen molar-refractivity contribution in [1.29, 1.82) is 0 Å². The van der Waals surface area contributed by atoms with Crippen LogP contribution in [0.4, 0.5) is 11.6 Å². The van der Waals surface area contributed by atoms with Gasteiger partial charge in [-0.15, -0.1) is 0 Å². The summed E-state index contributed by atoms with van der Waals surface area (Å²) in [5, 5.41) is 8.88. The van der Waals surface area contributed by atoms with E-state index in [1.54, 1.807) is 0 Å². The van der Waals surface area contributed by atoms with Crippen molar-refractivity contribution >= 4 is 11.6 Å². The lowest BCUT2D eigenvalue weighted by Gasteiger charge is -2.35. The first-order valence-electron chi connectivity index (χ1n) is 6.88. The molecule has 0 bridgehead atoms. The summed E-state index contributed by atoms with van der Waals surface area (Å²) in [6.45, 7) is 10.5. The molecule has 0 unspecified atom stereocenters. The molecule has 108 valence electrons. The van der Waals surface area contributed by atoms with Gasteiger partial charge in [-0.1, -0.05) is 13.8 Å². The van der Waals surface area contributed by atoms with Crippen molar-refractivity contribution in [2.75, 3.05) is 50.0 Å². The third kappa shape index (κ3) is 4.65. The molecule has 0 aliphatic carbocycles. The number of aliphatic hydroxyl groups excluding tert-OH is 1. The number of nitrogen functional groups attached to an aromatic ring is 1. The zero-order chi connectivity index (χ0) is 14.3. The number of hydrogen-bond acceptors (Lipinski definition) is 6. The van der Waals surface area contributed by atoms with Crippen molar-refractivity contribution in [1.82, 2.24) is 14.9 Å². The van der Waals surface area contributed by atoms with Crippen LogP contribution in [0.15, 0.2) is 6.07 Å². The van der Waals surface area contributed by atoms with Crippen molar-refractivity contribution in [2.45, 2.75) is 20.8 Å². The van der Waals surface area contributed by atoms with E-state index < -0.39 is 0 Å². The molecule has 1 aromatic rings. The second-order valence-corrected chi connectivity index (χ2v) is 4.25. The highest BCUT2D eigenvalue weighted by Crippen LogP contribution is 2.15. The van der Waals surface area contributed by atoms with Crippen LogP contribution in [0.2, 0.25) is 0 Å². The highest BCUT2D eigenvalue weighted by molar-refractivity contribution is 5.47. The Kier molecular flexibility index (Phi) is 6.52. The van der Waals surface area contributed by atoms with Crippen molar-refractivity contribution < 1.29 is 5.11 Å². The molecule has 3 N–H and O–H groups in total. The molecule has 1 fully saturated rings. The summed E-state index contributed by atoms with van der Waals surface area (Å²) >= 11 is 0. The first-order chi connectivity index (χ1) is 9.19. The van der Waals surface area contributed by atoms with Gasteiger partial charge < -0.3 is 15.7 Å². The molecule has 0 atom stereocenters. The van der Waals surface area contributed by atoms with E-state index >= 15 is 0 Å². The average molecular weight is 267 g/mol. The van der Waals surface area contributed by atoms with E-state index in [1.807, 2.05) is 26.8 Å². The molecule has 1 saturated heterocycles. The summed E-state index contributed by atoms with van der Waals surface area (Å²) in [6.07, 6.45) is 0. The van der Waals surface area contributed by atoms with Crippen LogP contribution in [0.5, 0.6) is 0 Å². The largest absolute Gasteiger partial charge is 0.395 e. The Labute approximate surface area is 115 Å². The van der Waals surface area contributed by atoms with E-state index in [1.165, 1.54) is 0 Å². The lowest BCUT2D eigenvalue weighted by molar-refractivity contribution is 0.188. The summed E-state index contributed by atoms with van der Waals surface area (Å²) in [5.41, 5.74) is 5.72. The molecule has 0 radical (unpaired) electrons. The lowest BCUT2D eigenvalue weighted by Crippen LogP contribution is -2.47. The zero-order valence-electron chi connectivity index (χ0n) is 12.1. The molecule has 0 amide bonds. The fourth-order valence-corrected chi connectivity index (χ4v) is 2.08. The van der Waals surface area contributed by atoms with E-state index in [0.29, 0.717) is 11.6 Å². The van der Waals surface area contributed by atoms with E-state index in [9.17, 15) is 0 Å². The first-order valence-corrected chi connectivity index (χ1v) is 6.88. The molecule has 19 heavy (non-hydrogen) atoms. The van der Waals surface area contributed by atoms with Crippen molar-refractivity contribution in [2.24, 2.45) is 0 Å². The fourth-order valence-electron chi connectivity index (χ4n) is 2.08. The van der Waals surface area contributed by atoms with Gasteiger partial charge in [-0.2, -0.15) is 0 Å². The van der Waals surface area contributed by atoms with Gasteiger partial charge in [-0.25, -0.2) is 9.97 Å². The highest BCUT2D eigenvalue weighted by atomic mass is 16.3. The quantitative estimate of drug-likeness (QED) is 0.830. The topological polar surface area (TPSA) is 78.5 Å². The summed E-state index contributed by atoms with van der Waals surface area (Å²) in [6, 6.07) is 1.81. The van der Waals surface area contributed by atoms with Crippen molar-refractivity contribution in [3.05, 3.63) is 11.9 Å². The maximum Gasteiger partial charge on any atom is 0.134 e. The van der Waals surface area contributed by atoms with E-state index in [2.05, 4.69) is 19.8 Å². The van der Waals surface area contributed by atoms with E-state index in [-0.39, 0.29) is 6.61 Å². The van der Waals surface area contributed by atoms with Gasteiger partial charge in [0.25, 0.3) is 0 Å². The SMILES string of the molecule is CC.Cc1nc(N)cc(N2CCN(CCO)CC2)n1. The van der Waals surface area contributed by atoms with Crippen LogP contribution in [-0.2, 0) is 0 Å². The molecule has 0 spiro atoms. The van der Waals surface area contributed by atoms with Crippen LogP contribution in [0.25, 0.3) is 0 Å². The first kappa shape index (κ1) is 15.7. The maximum atomic E-state index is 8.88. The van der Waals surface area contributed by atoms with Crippen LogP contribution in [-0.4, -0.2) is 59.3 Å². The molecular weight excluding hydrogens is 242 g/mol. The molecule has 0 saturated carbocycles. The second kappa shape index (κ2) is 7.91. The van der Waals surface area contributed by atoms with E-state index in [4.69, 9.17) is 10.8 Å². The number of nitrogens with two attached hydrogens (primary N) is 1. The molecule has 2 heterocycles. The Morgan fingerprint density at radius 2 is 1.84 bits per heavy atom. The van der Waals surface area contributed by atoms with Gasteiger partial charge in [0.05, 0.1) is 6.61 Å². The van der Waals surface area contributed by atoms with Gasteiger partial charge in [0, 0.05) is 38.8 Å². The van der Waals surface area contributed by atoms with Crippen LogP contribution in [0.3, 0.4) is 0 Å². The Morgan fingerprint density at radius 3 is 2.37 bits per heavy atom. The van der Waals surface area contributed by atoms with Crippen LogP contribution in [0.1, 0.15) is 19.7 Å². The molecule has 6 nitrogen and oxygen atoms in total. The lowest BCUT2D eigenvalue weighted by atomic mass is 10.3. The van der Waals surface area contributed by atoms with Gasteiger partial charge in [0.2, 0.25) is 0 Å². The fraction of sp³-hybridized carbons (Fsp3) is 0.692. The second-order valence-electron chi connectivity index (χ2n) is 4.25. The van der Waals surface area contributed by atoms with Gasteiger partial charge >= 0.3 is 0 Å². The third-order valence-electron chi connectivity index (χ3n) is 2.96. The number of rotatable bonds is 3. The van der Waals surface area contributed by atoms with Gasteiger partial charge in [-0.05, 0) is 6.92 Å². The molecular formula is C13H25N5O. The number of piperazine rings is 1. The summed E-state index contributed by atoms with van der Waals surface area (Å²) < 4.78 is 0. The standard InChI is InChI=1S/C11H19N5O.C2H6/c1-9-13-10(12)8-11(14-9)16-4-2-15(3-5-16)6-7-17;1-2/h8,17H,2-7H2,1H3,(H2,12,13,14);1-2H3. The maximum absolute atomic E-state index is 8.88. The number of hydrogen-bond donors (Lipinski definition) is 2. The van der Waals surface area contributed by atoms with Crippen molar-refractivity contribution in [3.63, 3.8) is 0 Å². The number of β-amino-alcohol motifs (C(OH)–C–C–N with tert-alkyl or cyclic N) is 1. The van der Waals surface area contributed by atoms with Crippen LogP contribution < -0.4 is 10.6 Å². The minimum atomic E-state index is 0.222. The number of aliphatic hydroxyl groups is 1. The third-order valence-corrected chi connectivity index (χ3v) is 2.96. The minimum absolute atomic E-state index is 0.222. The number of nitrogens with zero attached hydrogens (tertiary/aromatic N) is 4. The monoisotopic (exact) mass is 267 g/mol. The number of aryl methyl sites for hydroxylation is 1. The Balaban J connectivity index is 0.000000861. The summed E-state index contributed by atoms with van der Waals surface area (Å²) in [5.74, 6) is 2.13. The van der Waals surface area contributed by atoms with Gasteiger partial charge in [-0.3, -0.25) is 4.90 Å². The predicted octanol–water partition coefficient (Wildman–Crippen LogP) is 0.508. The molecule has 0 aromatic carbocycles. The summed E-state index contributed by atoms with van der Waals surface area (Å²) in [4.78, 5) is 12.9. The Bertz CT molecular complexity index is 357. The predicted molar refractivity (Wildman–Crippen MR) is 78.3 cm³/mol. The average Bonchev–Trinajstić information content (AvgIpc) is 2.41. The molecule has 1 aliphatic heterocycles. The van der Waals surface area contributed by atoms with E-state index in [0.717, 1.165) is 38.5 Å². The van der Waals surface area contributed by atoms with Crippen LogP contribution in [0, 0.1) is 6.92 Å². The molecule has 6 heteroatoms. The molecule has 2 rings (SSSR count). The Morgan fingerprint density at radius 1 is 1.21 bits per heavy atom.